The summed E-state index contributed by atoms with van der Waals surface area (Å²) in [5.41, 5.74) is 0.435. The van der Waals surface area contributed by atoms with Crippen LogP contribution in [0.2, 0.25) is 0 Å². The Morgan fingerprint density at radius 1 is 0.880 bits per heavy atom. The summed E-state index contributed by atoms with van der Waals surface area (Å²) in [4.78, 5) is 12.3. The lowest BCUT2D eigenvalue weighted by Crippen LogP contribution is -2.60. The van der Waals surface area contributed by atoms with E-state index in [2.05, 4.69) is 27.7 Å². The molecule has 2 nitrogen and oxygen atoms in total. The van der Waals surface area contributed by atoms with Crippen LogP contribution in [-0.4, -0.2) is 16.5 Å². The van der Waals surface area contributed by atoms with Crippen LogP contribution in [0.5, 0.6) is 0 Å². The van der Waals surface area contributed by atoms with Crippen LogP contribution in [0.4, 0.5) is 0 Å². The Morgan fingerprint density at radius 3 is 2.28 bits per heavy atom. The van der Waals surface area contributed by atoms with Gasteiger partial charge < -0.3 is 5.11 Å². The van der Waals surface area contributed by atoms with Crippen LogP contribution in [0.15, 0.2) is 0 Å². The Morgan fingerprint density at radius 2 is 1.60 bits per heavy atom. The summed E-state index contributed by atoms with van der Waals surface area (Å²) in [6, 6.07) is 0. The van der Waals surface area contributed by atoms with Crippen molar-refractivity contribution < 1.29 is 9.90 Å². The van der Waals surface area contributed by atoms with Crippen LogP contribution in [0.25, 0.3) is 0 Å². The monoisotopic (exact) mass is 346 g/mol. The topological polar surface area (TPSA) is 37.3 Å². The average Bonchev–Trinajstić information content (AvgIpc) is 2.85. The first-order chi connectivity index (χ1) is 11.5. The van der Waals surface area contributed by atoms with Gasteiger partial charge in [0.15, 0.2) is 0 Å². The maximum atomic E-state index is 12.3. The van der Waals surface area contributed by atoms with Gasteiger partial charge in [-0.25, -0.2) is 0 Å². The molecule has 0 aromatic rings. The molecule has 0 heterocycles. The number of fused-ring (bicyclic) bond motifs is 5. The number of aliphatic hydroxyl groups is 1. The number of hydrogen-bond acceptors (Lipinski definition) is 2. The van der Waals surface area contributed by atoms with Crippen molar-refractivity contribution in [3.8, 4) is 0 Å². The van der Waals surface area contributed by atoms with E-state index in [9.17, 15) is 9.90 Å². The highest BCUT2D eigenvalue weighted by molar-refractivity contribution is 5.79. The number of ketones is 1. The molecule has 0 bridgehead atoms. The predicted octanol–water partition coefficient (Wildman–Crippen LogP) is 5.38. The van der Waals surface area contributed by atoms with Crippen molar-refractivity contribution in [1.29, 1.82) is 0 Å². The van der Waals surface area contributed by atoms with Gasteiger partial charge in [-0.3, -0.25) is 4.79 Å². The third-order valence-electron chi connectivity index (χ3n) is 10.1. The van der Waals surface area contributed by atoms with Crippen LogP contribution in [0.1, 0.15) is 92.4 Å². The van der Waals surface area contributed by atoms with Crippen LogP contribution < -0.4 is 0 Å². The van der Waals surface area contributed by atoms with Crippen LogP contribution in [-0.2, 0) is 4.79 Å². The van der Waals surface area contributed by atoms with E-state index in [1.807, 2.05) is 6.92 Å². The second-order valence-electron chi connectivity index (χ2n) is 11.4. The highest BCUT2D eigenvalue weighted by Crippen LogP contribution is 2.71. The van der Waals surface area contributed by atoms with Crippen molar-refractivity contribution >= 4 is 5.78 Å². The highest BCUT2D eigenvalue weighted by atomic mass is 16.3. The lowest BCUT2D eigenvalue weighted by atomic mass is 9.39. The zero-order valence-corrected chi connectivity index (χ0v) is 17.0. The molecule has 4 fully saturated rings. The number of hydrogen-bond donors (Lipinski definition) is 1. The van der Waals surface area contributed by atoms with Gasteiger partial charge >= 0.3 is 0 Å². The van der Waals surface area contributed by atoms with Gasteiger partial charge in [-0.15, -0.1) is 0 Å². The van der Waals surface area contributed by atoms with E-state index in [0.29, 0.717) is 17.1 Å². The van der Waals surface area contributed by atoms with Gasteiger partial charge in [-0.1, -0.05) is 20.8 Å². The molecule has 8 atom stereocenters. The van der Waals surface area contributed by atoms with Gasteiger partial charge in [-0.2, -0.15) is 0 Å². The summed E-state index contributed by atoms with van der Waals surface area (Å²) in [6.07, 6.45) is 10.6. The Kier molecular flexibility index (Phi) is 3.84. The van der Waals surface area contributed by atoms with Gasteiger partial charge in [0.25, 0.3) is 0 Å². The fourth-order valence-corrected chi connectivity index (χ4v) is 8.60. The van der Waals surface area contributed by atoms with E-state index in [1.54, 1.807) is 0 Å². The largest absolute Gasteiger partial charge is 0.390 e. The smallest absolute Gasteiger partial charge is 0.133 e. The normalized spacial score (nSPS) is 58.2. The fraction of sp³-hybridized carbons (Fsp3) is 0.957. The molecule has 4 aliphatic carbocycles. The van der Waals surface area contributed by atoms with Crippen LogP contribution in [0.3, 0.4) is 0 Å². The minimum Gasteiger partial charge on any atom is -0.390 e. The minimum atomic E-state index is -0.475. The molecule has 0 amide bonds. The molecule has 0 saturated heterocycles. The number of carbonyl (C=O) groups is 1. The zero-order chi connectivity index (χ0) is 18.3. The zero-order valence-electron chi connectivity index (χ0n) is 17.0. The maximum Gasteiger partial charge on any atom is 0.133 e. The summed E-state index contributed by atoms with van der Waals surface area (Å²) < 4.78 is 0. The third kappa shape index (κ3) is 2.35. The Balaban J connectivity index is 1.65. The fourth-order valence-electron chi connectivity index (χ4n) is 8.60. The summed E-state index contributed by atoms with van der Waals surface area (Å²) >= 11 is 0. The lowest BCUT2D eigenvalue weighted by Gasteiger charge is -2.66. The van der Waals surface area contributed by atoms with Gasteiger partial charge in [0.1, 0.15) is 5.78 Å². The van der Waals surface area contributed by atoms with Crippen LogP contribution in [0, 0.1) is 39.9 Å². The number of rotatable bonds is 1. The van der Waals surface area contributed by atoms with Crippen molar-refractivity contribution in [3.05, 3.63) is 0 Å². The molecule has 1 N–H and O–H groups in total. The van der Waals surface area contributed by atoms with E-state index in [1.165, 1.54) is 38.5 Å². The first-order valence-electron chi connectivity index (χ1n) is 10.8. The summed E-state index contributed by atoms with van der Waals surface area (Å²) in [6.45, 7) is 11.3. The quantitative estimate of drug-likeness (QED) is 0.692. The van der Waals surface area contributed by atoms with Gasteiger partial charge in [0.05, 0.1) is 5.60 Å². The van der Waals surface area contributed by atoms with E-state index in [-0.39, 0.29) is 10.8 Å². The molecule has 0 aromatic carbocycles. The molecular weight excluding hydrogens is 308 g/mol. The van der Waals surface area contributed by atoms with E-state index in [0.717, 1.165) is 37.0 Å². The first-order valence-corrected chi connectivity index (χ1v) is 10.8. The van der Waals surface area contributed by atoms with Crippen LogP contribution >= 0.6 is 0 Å². The Labute approximate surface area is 154 Å². The molecule has 0 spiro atoms. The van der Waals surface area contributed by atoms with Gasteiger partial charge in [0, 0.05) is 5.92 Å². The molecule has 25 heavy (non-hydrogen) atoms. The molecule has 0 aromatic heterocycles. The molecule has 4 rings (SSSR count). The molecule has 0 radical (unpaired) electrons. The average molecular weight is 347 g/mol. The number of Topliss-reactive ketones (excluding diaryl/α,β-unsaturated/α-hetero) is 1. The van der Waals surface area contributed by atoms with Gasteiger partial charge in [-0.05, 0) is 106 Å². The van der Waals surface area contributed by atoms with E-state index in [4.69, 9.17) is 0 Å². The molecule has 2 heteroatoms. The second kappa shape index (κ2) is 5.33. The molecule has 4 aliphatic rings. The van der Waals surface area contributed by atoms with Crippen molar-refractivity contribution in [2.24, 2.45) is 39.9 Å². The Hall–Kier alpha value is -0.370. The highest BCUT2D eigenvalue weighted by Gasteiger charge is 2.64. The maximum absolute atomic E-state index is 12.3. The second-order valence-corrected chi connectivity index (χ2v) is 11.4. The predicted molar refractivity (Wildman–Crippen MR) is 101 cm³/mol. The minimum absolute atomic E-state index is 0.261. The number of carbonyl (C=O) groups excluding carboxylic acids is 1. The lowest BCUT2D eigenvalue weighted by molar-refractivity contribution is -0.189. The molecule has 4 saturated carbocycles. The summed E-state index contributed by atoms with van der Waals surface area (Å²) in [5.74, 6) is 3.11. The summed E-state index contributed by atoms with van der Waals surface area (Å²) in [5, 5.41) is 10.7. The molecular formula is C23H38O2. The molecule has 0 unspecified atom stereocenters. The SMILES string of the molecule is CC(=O)[C@H]1CC[C@H]2[C@@H]3CC[C@]4(C)C[C@](C)(O)CC[C@]4(C)[C@H]3CC[C@]12C. The van der Waals surface area contributed by atoms with Crippen molar-refractivity contribution in [2.75, 3.05) is 0 Å². The van der Waals surface area contributed by atoms with Crippen molar-refractivity contribution in [3.63, 3.8) is 0 Å². The first kappa shape index (κ1) is 18.0. The summed E-state index contributed by atoms with van der Waals surface area (Å²) in [7, 11) is 0. The Bertz CT molecular complexity index is 581. The third-order valence-corrected chi connectivity index (χ3v) is 10.1. The molecule has 0 aliphatic heterocycles. The van der Waals surface area contributed by atoms with Crippen molar-refractivity contribution in [2.45, 2.75) is 98.0 Å². The van der Waals surface area contributed by atoms with E-state index < -0.39 is 5.60 Å². The van der Waals surface area contributed by atoms with E-state index >= 15 is 0 Å². The van der Waals surface area contributed by atoms with Crippen molar-refractivity contribution in [1.82, 2.24) is 0 Å². The molecule has 142 valence electrons. The van der Waals surface area contributed by atoms with Gasteiger partial charge in [0.2, 0.25) is 0 Å². The standard InChI is InChI=1S/C23H38O2/c1-15(24)17-6-7-18-16-8-10-20(2)14-21(3,25)12-13-23(20,5)19(16)9-11-22(17,18)4/h16-19,25H,6-14H2,1-5H3/t16-,17+,18-,19-,20+,21+,22+,23+/m0/s1.